The van der Waals surface area contributed by atoms with Gasteiger partial charge >= 0.3 is 0 Å². The van der Waals surface area contributed by atoms with Crippen molar-refractivity contribution in [2.24, 2.45) is 5.10 Å². The number of halogens is 1. The highest BCUT2D eigenvalue weighted by Gasteiger charge is 2.12. The average Bonchev–Trinajstić information content (AvgIpc) is 2.50. The van der Waals surface area contributed by atoms with Crippen molar-refractivity contribution in [2.45, 2.75) is 11.8 Å². The molecule has 24 heavy (non-hydrogen) atoms. The zero-order valence-electron chi connectivity index (χ0n) is 12.5. The number of anilines is 1. The molecular formula is C15H14ClN3O4S. The Morgan fingerprint density at radius 3 is 2.50 bits per heavy atom. The second-order valence-electron chi connectivity index (χ2n) is 4.76. The number of rotatable bonds is 5. The minimum atomic E-state index is -3.87. The highest BCUT2D eigenvalue weighted by atomic mass is 35.5. The van der Waals surface area contributed by atoms with Crippen LogP contribution < -0.4 is 10.1 Å². The van der Waals surface area contributed by atoms with Gasteiger partial charge in [0.15, 0.2) is 0 Å². The number of nitrogens with one attached hydrogen (secondary N) is 2. The molecule has 9 heteroatoms. The van der Waals surface area contributed by atoms with Gasteiger partial charge in [-0.05, 0) is 42.5 Å². The van der Waals surface area contributed by atoms with Crippen molar-refractivity contribution in [3.63, 3.8) is 0 Å². The molecule has 0 atom stereocenters. The summed E-state index contributed by atoms with van der Waals surface area (Å²) in [5, 5.41) is 16.1. The van der Waals surface area contributed by atoms with Gasteiger partial charge in [0.05, 0.1) is 11.1 Å². The molecule has 0 radical (unpaired) electrons. The van der Waals surface area contributed by atoms with E-state index in [-0.39, 0.29) is 22.1 Å². The van der Waals surface area contributed by atoms with Crippen LogP contribution in [0.15, 0.2) is 52.5 Å². The standard InChI is InChI=1S/C15H14ClN3O4S/c1-10(20)18-13-3-5-14(6-4-13)24(22,23)19-17-9-11-8-12(16)2-7-15(11)21/h2-9,19,21H,1H3,(H,18,20). The van der Waals surface area contributed by atoms with Crippen LogP contribution in [0.3, 0.4) is 0 Å². The first-order chi connectivity index (χ1) is 11.3. The number of hydrogen-bond acceptors (Lipinski definition) is 5. The van der Waals surface area contributed by atoms with Crippen molar-refractivity contribution in [3.05, 3.63) is 53.1 Å². The molecule has 0 aliphatic heterocycles. The van der Waals surface area contributed by atoms with Gasteiger partial charge in [0.1, 0.15) is 5.75 Å². The van der Waals surface area contributed by atoms with Crippen LogP contribution >= 0.6 is 11.6 Å². The van der Waals surface area contributed by atoms with Crippen molar-refractivity contribution in [3.8, 4) is 5.75 Å². The summed E-state index contributed by atoms with van der Waals surface area (Å²) in [6, 6.07) is 9.90. The average molecular weight is 368 g/mol. The molecule has 0 saturated carbocycles. The molecule has 0 spiro atoms. The van der Waals surface area contributed by atoms with E-state index < -0.39 is 10.0 Å². The molecule has 2 aromatic carbocycles. The Hall–Kier alpha value is -2.58. The molecule has 2 rings (SSSR count). The van der Waals surface area contributed by atoms with Gasteiger partial charge in [0.25, 0.3) is 10.0 Å². The van der Waals surface area contributed by atoms with Crippen molar-refractivity contribution in [1.29, 1.82) is 0 Å². The zero-order chi connectivity index (χ0) is 17.7. The first-order valence-electron chi connectivity index (χ1n) is 6.69. The monoisotopic (exact) mass is 367 g/mol. The lowest BCUT2D eigenvalue weighted by Gasteiger charge is -2.06. The summed E-state index contributed by atoms with van der Waals surface area (Å²) < 4.78 is 24.2. The first kappa shape index (κ1) is 17.8. The maximum absolute atomic E-state index is 12.1. The Kier molecular flexibility index (Phi) is 5.42. The molecule has 1 amide bonds. The van der Waals surface area contributed by atoms with Crippen LogP contribution in [0.5, 0.6) is 5.75 Å². The number of carbonyl (C=O) groups is 1. The Morgan fingerprint density at radius 1 is 1.21 bits per heavy atom. The van der Waals surface area contributed by atoms with Crippen LogP contribution in [0.2, 0.25) is 5.02 Å². The lowest BCUT2D eigenvalue weighted by Crippen LogP contribution is -2.18. The van der Waals surface area contributed by atoms with Crippen LogP contribution in [-0.4, -0.2) is 25.6 Å². The molecule has 0 bridgehead atoms. The molecule has 0 unspecified atom stereocenters. The van der Waals surface area contributed by atoms with Crippen molar-refractivity contribution in [2.75, 3.05) is 5.32 Å². The summed E-state index contributed by atoms with van der Waals surface area (Å²) in [6.45, 7) is 1.35. The summed E-state index contributed by atoms with van der Waals surface area (Å²) in [7, 11) is -3.87. The number of phenols is 1. The van der Waals surface area contributed by atoms with E-state index >= 15 is 0 Å². The number of hydrazone groups is 1. The van der Waals surface area contributed by atoms with Gasteiger partial charge in [-0.25, -0.2) is 4.83 Å². The van der Waals surface area contributed by atoms with Gasteiger partial charge in [0.2, 0.25) is 5.91 Å². The number of aromatic hydroxyl groups is 1. The van der Waals surface area contributed by atoms with Gasteiger partial charge < -0.3 is 10.4 Å². The minimum Gasteiger partial charge on any atom is -0.507 e. The second-order valence-corrected chi connectivity index (χ2v) is 6.86. The topological polar surface area (TPSA) is 108 Å². The van der Waals surface area contributed by atoms with Crippen LogP contribution in [0.1, 0.15) is 12.5 Å². The number of hydrogen-bond donors (Lipinski definition) is 3. The second kappa shape index (κ2) is 7.33. The van der Waals surface area contributed by atoms with Crippen LogP contribution in [0.4, 0.5) is 5.69 Å². The van der Waals surface area contributed by atoms with Crippen LogP contribution in [0.25, 0.3) is 0 Å². The van der Waals surface area contributed by atoms with Crippen LogP contribution in [0, 0.1) is 0 Å². The Morgan fingerprint density at radius 2 is 1.88 bits per heavy atom. The predicted octanol–water partition coefficient (Wildman–Crippen LogP) is 2.32. The Bertz CT molecular complexity index is 880. The van der Waals surface area contributed by atoms with Gasteiger partial charge in [-0.2, -0.15) is 13.5 Å². The molecule has 3 N–H and O–H groups in total. The fourth-order valence-electron chi connectivity index (χ4n) is 1.77. The molecule has 0 heterocycles. The van der Waals surface area contributed by atoms with Gasteiger partial charge in [-0.1, -0.05) is 11.6 Å². The lowest BCUT2D eigenvalue weighted by atomic mass is 10.2. The molecule has 2 aromatic rings. The third-order valence-corrected chi connectivity index (χ3v) is 4.32. The van der Waals surface area contributed by atoms with Crippen molar-refractivity contribution in [1.82, 2.24) is 4.83 Å². The van der Waals surface area contributed by atoms with Gasteiger partial charge in [-0.3, -0.25) is 4.79 Å². The molecule has 0 fully saturated rings. The molecule has 126 valence electrons. The van der Waals surface area contributed by atoms with Gasteiger partial charge in [-0.15, -0.1) is 0 Å². The number of sulfonamides is 1. The summed E-state index contributed by atoms with van der Waals surface area (Å²) in [5.74, 6) is -0.336. The Balaban J connectivity index is 2.12. The van der Waals surface area contributed by atoms with E-state index in [4.69, 9.17) is 11.6 Å². The van der Waals surface area contributed by atoms with E-state index in [9.17, 15) is 18.3 Å². The minimum absolute atomic E-state index is 0.0240. The fraction of sp³-hybridized carbons (Fsp3) is 0.0667. The van der Waals surface area contributed by atoms with E-state index in [0.29, 0.717) is 10.7 Å². The quantitative estimate of drug-likeness (QED) is 0.556. The largest absolute Gasteiger partial charge is 0.507 e. The number of amides is 1. The predicted molar refractivity (Wildman–Crippen MR) is 91.8 cm³/mol. The highest BCUT2D eigenvalue weighted by molar-refractivity contribution is 7.89. The number of phenolic OH excluding ortho intramolecular Hbond substituents is 1. The zero-order valence-corrected chi connectivity index (χ0v) is 14.1. The number of carbonyl (C=O) groups excluding carboxylic acids is 1. The van der Waals surface area contributed by atoms with E-state index in [1.807, 2.05) is 4.83 Å². The van der Waals surface area contributed by atoms with Crippen molar-refractivity contribution >= 4 is 39.4 Å². The molecule has 0 saturated heterocycles. The molecule has 0 aliphatic carbocycles. The van der Waals surface area contributed by atoms with E-state index in [1.165, 1.54) is 49.4 Å². The van der Waals surface area contributed by atoms with E-state index in [2.05, 4.69) is 10.4 Å². The maximum Gasteiger partial charge on any atom is 0.276 e. The summed E-state index contributed by atoms with van der Waals surface area (Å²) in [5.41, 5.74) is 0.750. The van der Waals surface area contributed by atoms with Crippen LogP contribution in [-0.2, 0) is 14.8 Å². The third-order valence-electron chi connectivity index (χ3n) is 2.85. The maximum atomic E-state index is 12.1. The fourth-order valence-corrected chi connectivity index (χ4v) is 2.74. The lowest BCUT2D eigenvalue weighted by molar-refractivity contribution is -0.114. The number of benzene rings is 2. The van der Waals surface area contributed by atoms with Gasteiger partial charge in [0, 0.05) is 23.2 Å². The first-order valence-corrected chi connectivity index (χ1v) is 8.55. The molecular weight excluding hydrogens is 354 g/mol. The van der Waals surface area contributed by atoms with E-state index in [1.54, 1.807) is 0 Å². The number of nitrogens with zero attached hydrogens (tertiary/aromatic N) is 1. The summed E-state index contributed by atoms with van der Waals surface area (Å²) in [4.78, 5) is 12.9. The summed E-state index contributed by atoms with van der Waals surface area (Å²) >= 11 is 5.79. The van der Waals surface area contributed by atoms with E-state index in [0.717, 1.165) is 6.21 Å². The molecule has 7 nitrogen and oxygen atoms in total. The molecule has 0 aliphatic rings. The SMILES string of the molecule is CC(=O)Nc1ccc(S(=O)(=O)NN=Cc2cc(Cl)ccc2O)cc1. The van der Waals surface area contributed by atoms with Crippen molar-refractivity contribution < 1.29 is 18.3 Å². The molecule has 0 aromatic heterocycles. The summed E-state index contributed by atoms with van der Waals surface area (Å²) in [6.07, 6.45) is 1.14. The smallest absolute Gasteiger partial charge is 0.276 e. The normalized spacial score (nSPS) is 11.4. The third kappa shape index (κ3) is 4.71. The Labute approximate surface area is 144 Å². The highest BCUT2D eigenvalue weighted by Crippen LogP contribution is 2.19.